The van der Waals surface area contributed by atoms with Crippen LogP contribution in [0, 0.1) is 0 Å². The number of rotatable bonds is 1. The first-order valence-electron chi connectivity index (χ1n) is 5.29. The molecule has 0 radical (unpaired) electrons. The van der Waals surface area contributed by atoms with Gasteiger partial charge in [-0.15, -0.1) is 0 Å². The number of carbonyl (C=O) groups is 1. The molecule has 0 spiro atoms. The summed E-state index contributed by atoms with van der Waals surface area (Å²) < 4.78 is 5.27. The lowest BCUT2D eigenvalue weighted by atomic mass is 9.85. The molecule has 0 aromatic heterocycles. The molecule has 0 saturated heterocycles. The van der Waals surface area contributed by atoms with E-state index in [-0.39, 0.29) is 5.97 Å². The van der Waals surface area contributed by atoms with Gasteiger partial charge in [0.25, 0.3) is 0 Å². The largest absolute Gasteiger partial charge is 0.426 e. The number of carbonyl (C=O) groups excluding carboxylic acids is 1. The van der Waals surface area contributed by atoms with E-state index in [2.05, 4.69) is 19.9 Å². The number of hydrogen-bond acceptors (Lipinski definition) is 2. The lowest BCUT2D eigenvalue weighted by Crippen LogP contribution is -2.25. The van der Waals surface area contributed by atoms with Crippen molar-refractivity contribution >= 4 is 5.97 Å². The third-order valence-electron chi connectivity index (χ3n) is 3.06. The Balaban J connectivity index is 2.51. The van der Waals surface area contributed by atoms with Crippen LogP contribution in [0.5, 0.6) is 5.75 Å². The lowest BCUT2D eigenvalue weighted by Gasteiger charge is -2.13. The third kappa shape index (κ3) is 1.44. The smallest absolute Gasteiger partial charge is 0.321 e. The summed E-state index contributed by atoms with van der Waals surface area (Å²) in [6, 6.07) is 6.06. The quantitative estimate of drug-likeness (QED) is 0.519. The highest BCUT2D eigenvalue weighted by Crippen LogP contribution is 2.40. The molecule has 1 aliphatic heterocycles. The van der Waals surface area contributed by atoms with Crippen molar-refractivity contribution in [1.82, 2.24) is 0 Å². The molecule has 0 saturated carbocycles. The maximum atomic E-state index is 11.6. The Kier molecular flexibility index (Phi) is 2.10. The molecule has 80 valence electrons. The molecule has 2 rings (SSSR count). The van der Waals surface area contributed by atoms with Crippen LogP contribution in [0.15, 0.2) is 18.2 Å². The highest BCUT2D eigenvalue weighted by atomic mass is 16.5. The SMILES string of the molecule is CC(C)c1ccc2c(c1)OC(=O)C2(C)C. The molecule has 0 fully saturated rings. The molecule has 1 aromatic carbocycles. The molecule has 0 bridgehead atoms. The van der Waals surface area contributed by atoms with Gasteiger partial charge in [0, 0.05) is 5.56 Å². The topological polar surface area (TPSA) is 26.3 Å². The van der Waals surface area contributed by atoms with Crippen molar-refractivity contribution < 1.29 is 9.53 Å². The van der Waals surface area contributed by atoms with Gasteiger partial charge in [-0.3, -0.25) is 4.79 Å². The first-order chi connectivity index (χ1) is 6.93. The fourth-order valence-electron chi connectivity index (χ4n) is 1.84. The van der Waals surface area contributed by atoms with E-state index in [4.69, 9.17) is 4.74 Å². The maximum Gasteiger partial charge on any atom is 0.321 e. The van der Waals surface area contributed by atoms with Crippen LogP contribution in [0.2, 0.25) is 0 Å². The summed E-state index contributed by atoms with van der Waals surface area (Å²) in [7, 11) is 0. The third-order valence-corrected chi connectivity index (χ3v) is 3.06. The number of hydrogen-bond donors (Lipinski definition) is 0. The van der Waals surface area contributed by atoms with E-state index in [1.165, 1.54) is 5.56 Å². The van der Waals surface area contributed by atoms with Gasteiger partial charge >= 0.3 is 5.97 Å². The Bertz CT molecular complexity index is 417. The zero-order chi connectivity index (χ0) is 11.2. The van der Waals surface area contributed by atoms with Crippen molar-refractivity contribution in [3.05, 3.63) is 29.3 Å². The van der Waals surface area contributed by atoms with E-state index in [1.54, 1.807) is 0 Å². The number of benzene rings is 1. The average Bonchev–Trinajstić information content (AvgIpc) is 2.38. The number of esters is 1. The fraction of sp³-hybridized carbons (Fsp3) is 0.462. The van der Waals surface area contributed by atoms with Gasteiger partial charge in [0.05, 0.1) is 5.41 Å². The molecule has 1 aromatic rings. The Labute approximate surface area is 90.3 Å². The van der Waals surface area contributed by atoms with E-state index < -0.39 is 5.41 Å². The molecule has 0 aliphatic carbocycles. The second kappa shape index (κ2) is 3.09. The van der Waals surface area contributed by atoms with E-state index in [1.807, 2.05) is 26.0 Å². The molecule has 15 heavy (non-hydrogen) atoms. The summed E-state index contributed by atoms with van der Waals surface area (Å²) in [5, 5.41) is 0. The highest BCUT2D eigenvalue weighted by Gasteiger charge is 2.40. The maximum absolute atomic E-state index is 11.6. The van der Waals surface area contributed by atoms with Crippen LogP contribution in [0.1, 0.15) is 44.7 Å². The number of fused-ring (bicyclic) bond motifs is 1. The molecule has 0 atom stereocenters. The fourth-order valence-corrected chi connectivity index (χ4v) is 1.84. The van der Waals surface area contributed by atoms with Gasteiger partial charge in [-0.05, 0) is 31.4 Å². The predicted molar refractivity (Wildman–Crippen MR) is 59.2 cm³/mol. The summed E-state index contributed by atoms with van der Waals surface area (Å²) in [5.74, 6) is 1.03. The van der Waals surface area contributed by atoms with Crippen molar-refractivity contribution in [3.8, 4) is 5.75 Å². The zero-order valence-corrected chi connectivity index (χ0v) is 9.63. The van der Waals surface area contributed by atoms with Crippen molar-refractivity contribution in [2.75, 3.05) is 0 Å². The Morgan fingerprint density at radius 2 is 1.93 bits per heavy atom. The minimum atomic E-state index is -0.495. The summed E-state index contributed by atoms with van der Waals surface area (Å²) >= 11 is 0. The molecule has 1 heterocycles. The first-order valence-corrected chi connectivity index (χ1v) is 5.29. The van der Waals surface area contributed by atoms with Gasteiger partial charge in [-0.25, -0.2) is 0 Å². The summed E-state index contributed by atoms with van der Waals surface area (Å²) in [6.07, 6.45) is 0. The van der Waals surface area contributed by atoms with Crippen molar-refractivity contribution in [1.29, 1.82) is 0 Å². The predicted octanol–water partition coefficient (Wildman–Crippen LogP) is 3.01. The Morgan fingerprint density at radius 1 is 1.27 bits per heavy atom. The molecule has 2 nitrogen and oxygen atoms in total. The molecule has 1 aliphatic rings. The van der Waals surface area contributed by atoms with Gasteiger partial charge in [0.2, 0.25) is 0 Å². The van der Waals surface area contributed by atoms with E-state index in [0.29, 0.717) is 5.92 Å². The Hall–Kier alpha value is -1.31. The Morgan fingerprint density at radius 3 is 2.53 bits per heavy atom. The minimum absolute atomic E-state index is 0.154. The van der Waals surface area contributed by atoms with Crippen LogP contribution >= 0.6 is 0 Å². The molecule has 0 amide bonds. The van der Waals surface area contributed by atoms with Crippen LogP contribution in [0.4, 0.5) is 0 Å². The van der Waals surface area contributed by atoms with Crippen LogP contribution in [0.3, 0.4) is 0 Å². The van der Waals surface area contributed by atoms with Gasteiger partial charge < -0.3 is 4.74 Å². The molecule has 2 heteroatoms. The van der Waals surface area contributed by atoms with E-state index in [0.717, 1.165) is 11.3 Å². The molecular formula is C13H16O2. The van der Waals surface area contributed by atoms with Crippen LogP contribution < -0.4 is 4.74 Å². The normalized spacial score (nSPS) is 17.8. The van der Waals surface area contributed by atoms with Gasteiger partial charge in [-0.1, -0.05) is 26.0 Å². The van der Waals surface area contributed by atoms with Crippen LogP contribution in [-0.4, -0.2) is 5.97 Å². The highest BCUT2D eigenvalue weighted by molar-refractivity contribution is 5.89. The summed E-state index contributed by atoms with van der Waals surface area (Å²) in [4.78, 5) is 11.6. The van der Waals surface area contributed by atoms with Crippen molar-refractivity contribution in [2.24, 2.45) is 0 Å². The minimum Gasteiger partial charge on any atom is -0.426 e. The van der Waals surface area contributed by atoms with Crippen LogP contribution in [0.25, 0.3) is 0 Å². The van der Waals surface area contributed by atoms with Gasteiger partial charge in [0.15, 0.2) is 0 Å². The standard InChI is InChI=1S/C13H16O2/c1-8(2)9-5-6-10-11(7-9)15-12(14)13(10,3)4/h5-8H,1-4H3. The van der Waals surface area contributed by atoms with Crippen LogP contribution in [-0.2, 0) is 10.2 Å². The average molecular weight is 204 g/mol. The van der Waals surface area contributed by atoms with Gasteiger partial charge in [-0.2, -0.15) is 0 Å². The monoisotopic (exact) mass is 204 g/mol. The van der Waals surface area contributed by atoms with Gasteiger partial charge in [0.1, 0.15) is 5.75 Å². The molecule has 0 N–H and O–H groups in total. The first kappa shape index (κ1) is 10.2. The van der Waals surface area contributed by atoms with Crippen molar-refractivity contribution in [2.45, 2.75) is 39.0 Å². The van der Waals surface area contributed by atoms with E-state index >= 15 is 0 Å². The van der Waals surface area contributed by atoms with E-state index in [9.17, 15) is 4.79 Å². The molecule has 0 unspecified atom stereocenters. The lowest BCUT2D eigenvalue weighted by molar-refractivity contribution is -0.137. The summed E-state index contributed by atoms with van der Waals surface area (Å²) in [5.41, 5.74) is 1.71. The van der Waals surface area contributed by atoms with Crippen molar-refractivity contribution in [3.63, 3.8) is 0 Å². The summed E-state index contributed by atoms with van der Waals surface area (Å²) in [6.45, 7) is 8.06. The zero-order valence-electron chi connectivity index (χ0n) is 9.63. The molecular weight excluding hydrogens is 188 g/mol. The number of ether oxygens (including phenoxy) is 1. The second-order valence-electron chi connectivity index (χ2n) is 4.92. The second-order valence-corrected chi connectivity index (χ2v) is 4.92.